The smallest absolute Gasteiger partial charge is 0.214 e. The van der Waals surface area contributed by atoms with Gasteiger partial charge in [0, 0.05) is 25.0 Å². The molecule has 0 saturated heterocycles. The first-order chi connectivity index (χ1) is 9.33. The molecule has 100 valence electrons. The Morgan fingerprint density at radius 1 is 1.11 bits per heavy atom. The van der Waals surface area contributed by atoms with E-state index in [2.05, 4.69) is 22.0 Å². The average molecular weight is 277 g/mol. The number of ether oxygens (including phenoxy) is 1. The molecular weight excluding hydrogens is 260 g/mol. The lowest BCUT2D eigenvalue weighted by molar-refractivity contribution is 0.398. The fourth-order valence-electron chi connectivity index (χ4n) is 1.87. The summed E-state index contributed by atoms with van der Waals surface area (Å²) >= 11 is 5.89. The predicted molar refractivity (Wildman–Crippen MR) is 79.0 cm³/mol. The van der Waals surface area contributed by atoms with Crippen molar-refractivity contribution in [1.82, 2.24) is 4.98 Å². The van der Waals surface area contributed by atoms with Crippen LogP contribution in [0, 0.1) is 0 Å². The van der Waals surface area contributed by atoms with E-state index in [1.54, 1.807) is 7.11 Å². The van der Waals surface area contributed by atoms with Crippen molar-refractivity contribution in [2.45, 2.75) is 6.54 Å². The molecule has 1 aromatic heterocycles. The molecule has 0 fully saturated rings. The molecule has 0 atom stereocenters. The number of aromatic nitrogens is 1. The predicted octanol–water partition coefficient (Wildman–Crippen LogP) is 3.34. The summed E-state index contributed by atoms with van der Waals surface area (Å²) in [5.41, 5.74) is 1.23. The minimum atomic E-state index is 0.561. The molecule has 0 amide bonds. The zero-order valence-corrected chi connectivity index (χ0v) is 11.7. The van der Waals surface area contributed by atoms with E-state index in [-0.39, 0.29) is 0 Å². The first kappa shape index (κ1) is 13.7. The fourth-order valence-corrected chi connectivity index (χ4v) is 2.08. The average Bonchev–Trinajstić information content (AvgIpc) is 2.48. The molecule has 0 unspecified atom stereocenters. The third-order valence-corrected chi connectivity index (χ3v) is 2.98. The van der Waals surface area contributed by atoms with Gasteiger partial charge >= 0.3 is 0 Å². The second kappa shape index (κ2) is 7.00. The number of hydrogen-bond donors (Lipinski definition) is 0. The molecule has 2 aromatic rings. The van der Waals surface area contributed by atoms with Crippen molar-refractivity contribution in [3.05, 3.63) is 54.1 Å². The van der Waals surface area contributed by atoms with Gasteiger partial charge in [-0.1, -0.05) is 36.4 Å². The van der Waals surface area contributed by atoms with Gasteiger partial charge in [-0.2, -0.15) is 4.98 Å². The highest BCUT2D eigenvalue weighted by atomic mass is 35.5. The van der Waals surface area contributed by atoms with Crippen molar-refractivity contribution in [3.63, 3.8) is 0 Å². The van der Waals surface area contributed by atoms with Crippen LogP contribution in [0.5, 0.6) is 5.88 Å². The molecule has 0 aliphatic heterocycles. The lowest BCUT2D eigenvalue weighted by atomic mass is 10.2. The fraction of sp³-hybridized carbons (Fsp3) is 0.267. The Bertz CT molecular complexity index is 505. The third kappa shape index (κ3) is 3.86. The number of methoxy groups -OCH3 is 1. The Balaban J connectivity index is 2.19. The summed E-state index contributed by atoms with van der Waals surface area (Å²) < 4.78 is 5.16. The molecule has 0 spiro atoms. The minimum Gasteiger partial charge on any atom is -0.481 e. The van der Waals surface area contributed by atoms with Gasteiger partial charge in [-0.3, -0.25) is 0 Å². The molecule has 0 radical (unpaired) electrons. The molecule has 19 heavy (non-hydrogen) atoms. The zero-order chi connectivity index (χ0) is 13.5. The lowest BCUT2D eigenvalue weighted by Crippen LogP contribution is -2.25. The number of anilines is 1. The summed E-state index contributed by atoms with van der Waals surface area (Å²) in [4.78, 5) is 6.60. The summed E-state index contributed by atoms with van der Waals surface area (Å²) in [5, 5.41) is 0. The van der Waals surface area contributed by atoms with E-state index in [1.807, 2.05) is 36.4 Å². The number of alkyl halides is 1. The summed E-state index contributed by atoms with van der Waals surface area (Å²) in [6.45, 7) is 1.53. The van der Waals surface area contributed by atoms with E-state index in [0.717, 1.165) is 18.9 Å². The highest BCUT2D eigenvalue weighted by molar-refractivity contribution is 6.18. The Morgan fingerprint density at radius 2 is 1.89 bits per heavy atom. The van der Waals surface area contributed by atoms with E-state index in [9.17, 15) is 0 Å². The van der Waals surface area contributed by atoms with Crippen LogP contribution < -0.4 is 9.64 Å². The molecule has 0 N–H and O–H groups in total. The first-order valence-corrected chi connectivity index (χ1v) is 6.73. The molecule has 0 aliphatic carbocycles. The zero-order valence-electron chi connectivity index (χ0n) is 10.9. The van der Waals surface area contributed by atoms with Crippen molar-refractivity contribution < 1.29 is 4.74 Å². The Morgan fingerprint density at radius 3 is 2.58 bits per heavy atom. The Kier molecular flexibility index (Phi) is 5.04. The highest BCUT2D eigenvalue weighted by Crippen LogP contribution is 2.18. The largest absolute Gasteiger partial charge is 0.481 e. The van der Waals surface area contributed by atoms with E-state index < -0.39 is 0 Å². The van der Waals surface area contributed by atoms with E-state index in [1.165, 1.54) is 5.56 Å². The van der Waals surface area contributed by atoms with Crippen molar-refractivity contribution >= 4 is 17.4 Å². The molecule has 1 aromatic carbocycles. The quantitative estimate of drug-likeness (QED) is 0.757. The van der Waals surface area contributed by atoms with E-state index in [0.29, 0.717) is 11.8 Å². The van der Waals surface area contributed by atoms with Gasteiger partial charge in [0.2, 0.25) is 5.88 Å². The van der Waals surface area contributed by atoms with Crippen LogP contribution in [0.15, 0.2) is 48.5 Å². The summed E-state index contributed by atoms with van der Waals surface area (Å²) in [6.07, 6.45) is 0. The molecule has 0 saturated carbocycles. The van der Waals surface area contributed by atoms with Crippen LogP contribution in [0.3, 0.4) is 0 Å². The maximum atomic E-state index is 5.89. The topological polar surface area (TPSA) is 25.4 Å². The normalized spacial score (nSPS) is 10.2. The molecule has 2 rings (SSSR count). The SMILES string of the molecule is COc1cccc(N(CCCl)Cc2ccccc2)n1. The number of pyridine rings is 1. The third-order valence-electron chi connectivity index (χ3n) is 2.81. The molecular formula is C15H17ClN2O. The summed E-state index contributed by atoms with van der Waals surface area (Å²) in [5.74, 6) is 2.06. The van der Waals surface area contributed by atoms with Crippen molar-refractivity contribution in [1.29, 1.82) is 0 Å². The monoisotopic (exact) mass is 276 g/mol. The molecule has 0 aliphatic rings. The number of hydrogen-bond acceptors (Lipinski definition) is 3. The van der Waals surface area contributed by atoms with Crippen molar-refractivity contribution in [2.24, 2.45) is 0 Å². The second-order valence-corrected chi connectivity index (χ2v) is 4.51. The van der Waals surface area contributed by atoms with Crippen LogP contribution in [0.4, 0.5) is 5.82 Å². The highest BCUT2D eigenvalue weighted by Gasteiger charge is 2.09. The minimum absolute atomic E-state index is 0.561. The molecule has 0 bridgehead atoms. The van der Waals surface area contributed by atoms with Gasteiger partial charge in [0.1, 0.15) is 5.82 Å². The lowest BCUT2D eigenvalue weighted by Gasteiger charge is -2.23. The van der Waals surface area contributed by atoms with Gasteiger partial charge < -0.3 is 9.64 Å². The summed E-state index contributed by atoms with van der Waals surface area (Å²) in [7, 11) is 1.62. The number of rotatable bonds is 6. The van der Waals surface area contributed by atoms with E-state index >= 15 is 0 Å². The van der Waals surface area contributed by atoms with Crippen LogP contribution in [0.25, 0.3) is 0 Å². The maximum absolute atomic E-state index is 5.89. The van der Waals surface area contributed by atoms with Crippen LogP contribution in [-0.2, 0) is 6.54 Å². The van der Waals surface area contributed by atoms with Gasteiger partial charge in [-0.05, 0) is 11.6 Å². The number of nitrogens with zero attached hydrogens (tertiary/aromatic N) is 2. The maximum Gasteiger partial charge on any atom is 0.214 e. The van der Waals surface area contributed by atoms with Gasteiger partial charge in [-0.15, -0.1) is 11.6 Å². The standard InChI is InChI=1S/C15H17ClN2O/c1-19-15-9-5-8-14(17-15)18(11-10-16)12-13-6-3-2-4-7-13/h2-9H,10-12H2,1H3. The number of halogens is 1. The van der Waals surface area contributed by atoms with Crippen LogP contribution >= 0.6 is 11.6 Å². The molecule has 3 nitrogen and oxygen atoms in total. The summed E-state index contributed by atoms with van der Waals surface area (Å²) in [6, 6.07) is 16.0. The van der Waals surface area contributed by atoms with Gasteiger partial charge in [0.25, 0.3) is 0 Å². The number of benzene rings is 1. The Labute approximate surface area is 118 Å². The second-order valence-electron chi connectivity index (χ2n) is 4.13. The van der Waals surface area contributed by atoms with E-state index in [4.69, 9.17) is 16.3 Å². The first-order valence-electron chi connectivity index (χ1n) is 6.19. The van der Waals surface area contributed by atoms with Crippen LogP contribution in [-0.4, -0.2) is 24.5 Å². The molecule has 4 heteroatoms. The Hall–Kier alpha value is -1.74. The van der Waals surface area contributed by atoms with Crippen molar-refractivity contribution in [3.8, 4) is 5.88 Å². The van der Waals surface area contributed by atoms with Crippen molar-refractivity contribution in [2.75, 3.05) is 24.4 Å². The van der Waals surface area contributed by atoms with Gasteiger partial charge in [-0.25, -0.2) is 0 Å². The van der Waals surface area contributed by atoms with Gasteiger partial charge in [0.15, 0.2) is 0 Å². The van der Waals surface area contributed by atoms with Gasteiger partial charge in [0.05, 0.1) is 7.11 Å². The molecule has 1 heterocycles. The van der Waals surface area contributed by atoms with Crippen LogP contribution in [0.2, 0.25) is 0 Å². The van der Waals surface area contributed by atoms with Crippen LogP contribution in [0.1, 0.15) is 5.56 Å².